The molecule has 0 saturated heterocycles. The number of benzene rings is 1. The Balaban J connectivity index is 1.94. The number of thiophene rings is 1. The standard InChI is InChI=1S/C15H16N2S/c1-11-3-5-13(6-4-11)12(2)17-10-15-8-7-14(9-16)18-15/h3-8,12,17H,10H2,1-2H3. The summed E-state index contributed by atoms with van der Waals surface area (Å²) in [5, 5.41) is 12.2. The molecule has 0 amide bonds. The largest absolute Gasteiger partial charge is 0.305 e. The van der Waals surface area contributed by atoms with Crippen molar-refractivity contribution in [3.05, 3.63) is 57.3 Å². The van der Waals surface area contributed by atoms with Crippen LogP contribution in [-0.4, -0.2) is 0 Å². The molecule has 2 aromatic rings. The lowest BCUT2D eigenvalue weighted by Crippen LogP contribution is -2.17. The van der Waals surface area contributed by atoms with E-state index in [2.05, 4.69) is 49.5 Å². The van der Waals surface area contributed by atoms with Gasteiger partial charge < -0.3 is 5.32 Å². The number of nitriles is 1. The van der Waals surface area contributed by atoms with Gasteiger partial charge in [-0.15, -0.1) is 11.3 Å². The lowest BCUT2D eigenvalue weighted by molar-refractivity contribution is 0.579. The number of hydrogen-bond acceptors (Lipinski definition) is 3. The van der Waals surface area contributed by atoms with Crippen LogP contribution in [0.2, 0.25) is 0 Å². The SMILES string of the molecule is Cc1ccc(C(C)NCc2ccc(C#N)s2)cc1. The van der Waals surface area contributed by atoms with E-state index < -0.39 is 0 Å². The Morgan fingerprint density at radius 2 is 1.94 bits per heavy atom. The van der Waals surface area contributed by atoms with Gasteiger partial charge in [-0.2, -0.15) is 5.26 Å². The van der Waals surface area contributed by atoms with Gasteiger partial charge in [-0.25, -0.2) is 0 Å². The molecule has 1 N–H and O–H groups in total. The Morgan fingerprint density at radius 1 is 1.22 bits per heavy atom. The van der Waals surface area contributed by atoms with Crippen LogP contribution < -0.4 is 5.32 Å². The summed E-state index contributed by atoms with van der Waals surface area (Å²) in [6, 6.07) is 14.9. The molecule has 1 unspecified atom stereocenters. The van der Waals surface area contributed by atoms with Crippen molar-refractivity contribution in [1.82, 2.24) is 5.32 Å². The van der Waals surface area contributed by atoms with Crippen LogP contribution in [0.4, 0.5) is 0 Å². The smallest absolute Gasteiger partial charge is 0.110 e. The van der Waals surface area contributed by atoms with Crippen molar-refractivity contribution in [3.8, 4) is 6.07 Å². The van der Waals surface area contributed by atoms with Gasteiger partial charge >= 0.3 is 0 Å². The molecule has 2 rings (SSSR count). The summed E-state index contributed by atoms with van der Waals surface area (Å²) >= 11 is 1.55. The summed E-state index contributed by atoms with van der Waals surface area (Å²) in [6.07, 6.45) is 0. The van der Waals surface area contributed by atoms with Crippen molar-refractivity contribution in [3.63, 3.8) is 0 Å². The fraction of sp³-hybridized carbons (Fsp3) is 0.267. The molecule has 0 aliphatic heterocycles. The predicted octanol–water partition coefficient (Wildman–Crippen LogP) is 3.78. The van der Waals surface area contributed by atoms with E-state index in [0.717, 1.165) is 11.4 Å². The van der Waals surface area contributed by atoms with E-state index in [0.29, 0.717) is 6.04 Å². The van der Waals surface area contributed by atoms with Gasteiger partial charge in [0.05, 0.1) is 0 Å². The molecule has 0 aliphatic rings. The average Bonchev–Trinajstić information content (AvgIpc) is 2.85. The fourth-order valence-corrected chi connectivity index (χ4v) is 2.52. The van der Waals surface area contributed by atoms with Gasteiger partial charge in [0.15, 0.2) is 0 Å². The number of nitrogens with one attached hydrogen (secondary N) is 1. The first-order chi connectivity index (χ1) is 8.69. The van der Waals surface area contributed by atoms with Crippen LogP contribution in [0.5, 0.6) is 0 Å². The molecule has 92 valence electrons. The third kappa shape index (κ3) is 3.19. The van der Waals surface area contributed by atoms with Gasteiger partial charge in [0.25, 0.3) is 0 Å². The summed E-state index contributed by atoms with van der Waals surface area (Å²) in [7, 11) is 0. The number of rotatable bonds is 4. The molecule has 0 saturated carbocycles. The van der Waals surface area contributed by atoms with E-state index in [1.807, 2.05) is 12.1 Å². The quantitative estimate of drug-likeness (QED) is 0.903. The van der Waals surface area contributed by atoms with Gasteiger partial charge in [0, 0.05) is 17.5 Å². The minimum atomic E-state index is 0.318. The summed E-state index contributed by atoms with van der Waals surface area (Å²) in [5.41, 5.74) is 2.57. The van der Waals surface area contributed by atoms with Crippen molar-refractivity contribution in [2.24, 2.45) is 0 Å². The zero-order valence-corrected chi connectivity index (χ0v) is 11.4. The zero-order valence-electron chi connectivity index (χ0n) is 10.6. The second-order valence-electron chi connectivity index (χ2n) is 4.39. The van der Waals surface area contributed by atoms with E-state index >= 15 is 0 Å². The normalized spacial score (nSPS) is 12.1. The van der Waals surface area contributed by atoms with Crippen molar-refractivity contribution in [2.75, 3.05) is 0 Å². The van der Waals surface area contributed by atoms with Gasteiger partial charge in [0.1, 0.15) is 10.9 Å². The van der Waals surface area contributed by atoms with E-state index in [1.54, 1.807) is 11.3 Å². The highest BCUT2D eigenvalue weighted by atomic mass is 32.1. The molecule has 3 heteroatoms. The fourth-order valence-electron chi connectivity index (χ4n) is 1.76. The number of nitrogens with zero attached hydrogens (tertiary/aromatic N) is 1. The van der Waals surface area contributed by atoms with E-state index in [9.17, 15) is 0 Å². The average molecular weight is 256 g/mol. The first-order valence-corrected chi connectivity index (χ1v) is 6.79. The Bertz CT molecular complexity index is 549. The van der Waals surface area contributed by atoms with E-state index in [4.69, 9.17) is 5.26 Å². The highest BCUT2D eigenvalue weighted by Gasteiger charge is 2.05. The molecule has 0 fully saturated rings. The first kappa shape index (κ1) is 12.8. The summed E-state index contributed by atoms with van der Waals surface area (Å²) in [6.45, 7) is 5.06. The molecule has 1 atom stereocenters. The molecule has 0 aliphatic carbocycles. The van der Waals surface area contributed by atoms with Crippen LogP contribution in [0, 0.1) is 18.3 Å². The molecule has 1 aromatic heterocycles. The Labute approximate surface area is 112 Å². The Kier molecular flexibility index (Phi) is 4.14. The van der Waals surface area contributed by atoms with Crippen LogP contribution in [0.3, 0.4) is 0 Å². The van der Waals surface area contributed by atoms with Crippen LogP contribution in [0.25, 0.3) is 0 Å². The molecule has 18 heavy (non-hydrogen) atoms. The van der Waals surface area contributed by atoms with Gasteiger partial charge in [0.2, 0.25) is 0 Å². The minimum absolute atomic E-state index is 0.318. The van der Waals surface area contributed by atoms with Gasteiger partial charge in [-0.05, 0) is 31.5 Å². The molecule has 1 heterocycles. The molecule has 0 spiro atoms. The summed E-state index contributed by atoms with van der Waals surface area (Å²) < 4.78 is 0. The van der Waals surface area contributed by atoms with Crippen LogP contribution >= 0.6 is 11.3 Å². The maximum atomic E-state index is 8.77. The van der Waals surface area contributed by atoms with Crippen molar-refractivity contribution < 1.29 is 0 Å². The number of aryl methyl sites for hydroxylation is 1. The van der Waals surface area contributed by atoms with Crippen LogP contribution in [0.1, 0.15) is 33.8 Å². The summed E-state index contributed by atoms with van der Waals surface area (Å²) in [4.78, 5) is 1.97. The second kappa shape index (κ2) is 5.81. The van der Waals surface area contributed by atoms with Crippen molar-refractivity contribution in [1.29, 1.82) is 5.26 Å². The Morgan fingerprint density at radius 3 is 2.56 bits per heavy atom. The van der Waals surface area contributed by atoms with Gasteiger partial charge in [-0.3, -0.25) is 0 Å². The first-order valence-electron chi connectivity index (χ1n) is 5.98. The minimum Gasteiger partial charge on any atom is -0.305 e. The van der Waals surface area contributed by atoms with E-state index in [1.165, 1.54) is 16.0 Å². The zero-order chi connectivity index (χ0) is 13.0. The molecule has 0 radical (unpaired) electrons. The molecule has 1 aromatic carbocycles. The molecule has 2 nitrogen and oxygen atoms in total. The third-order valence-electron chi connectivity index (χ3n) is 2.93. The maximum absolute atomic E-state index is 8.77. The second-order valence-corrected chi connectivity index (χ2v) is 5.56. The third-order valence-corrected chi connectivity index (χ3v) is 3.92. The Hall–Kier alpha value is -1.63. The molecular formula is C15H16N2S. The van der Waals surface area contributed by atoms with Crippen LogP contribution in [0.15, 0.2) is 36.4 Å². The van der Waals surface area contributed by atoms with Crippen LogP contribution in [-0.2, 0) is 6.54 Å². The molecular weight excluding hydrogens is 240 g/mol. The topological polar surface area (TPSA) is 35.8 Å². The van der Waals surface area contributed by atoms with E-state index in [-0.39, 0.29) is 0 Å². The monoisotopic (exact) mass is 256 g/mol. The highest BCUT2D eigenvalue weighted by molar-refractivity contribution is 7.12. The van der Waals surface area contributed by atoms with Gasteiger partial charge in [-0.1, -0.05) is 29.8 Å². The lowest BCUT2D eigenvalue weighted by Gasteiger charge is -2.13. The van der Waals surface area contributed by atoms with Crippen molar-refractivity contribution in [2.45, 2.75) is 26.4 Å². The lowest BCUT2D eigenvalue weighted by atomic mass is 10.1. The number of hydrogen-bond donors (Lipinski definition) is 1. The highest BCUT2D eigenvalue weighted by Crippen LogP contribution is 2.18. The van der Waals surface area contributed by atoms with Crippen molar-refractivity contribution >= 4 is 11.3 Å². The maximum Gasteiger partial charge on any atom is 0.110 e. The summed E-state index contributed by atoms with van der Waals surface area (Å²) in [5.74, 6) is 0. The predicted molar refractivity (Wildman–Crippen MR) is 75.5 cm³/mol. The molecule has 0 bridgehead atoms.